The Bertz CT molecular complexity index is 152. The molecule has 1 aliphatic rings. The molecular formula is C11H24N2O2. The summed E-state index contributed by atoms with van der Waals surface area (Å²) in [5, 5.41) is 20.7. The fraction of sp³-hybridized carbons (Fsp3) is 1.00. The molecule has 0 amide bonds. The van der Waals surface area contributed by atoms with Gasteiger partial charge >= 0.3 is 0 Å². The van der Waals surface area contributed by atoms with Crippen LogP contribution in [0, 0.1) is 0 Å². The highest BCUT2D eigenvalue weighted by Gasteiger charge is 2.23. The molecule has 0 atom stereocenters. The van der Waals surface area contributed by atoms with Crippen molar-refractivity contribution < 1.29 is 10.2 Å². The molecule has 0 spiro atoms. The van der Waals surface area contributed by atoms with Gasteiger partial charge in [-0.3, -0.25) is 4.90 Å². The van der Waals surface area contributed by atoms with E-state index in [9.17, 15) is 0 Å². The normalized spacial score (nSPS) is 17.0. The maximum absolute atomic E-state index is 8.96. The molecule has 1 fully saturated rings. The molecule has 0 aromatic rings. The van der Waals surface area contributed by atoms with Crippen LogP contribution < -0.4 is 5.32 Å². The van der Waals surface area contributed by atoms with Gasteiger partial charge in [0.05, 0.1) is 13.2 Å². The molecule has 4 nitrogen and oxygen atoms in total. The van der Waals surface area contributed by atoms with Crippen LogP contribution in [0.3, 0.4) is 0 Å². The molecule has 3 N–H and O–H groups in total. The first-order chi connectivity index (χ1) is 7.38. The number of nitrogens with one attached hydrogen (secondary N) is 1. The third-order valence-corrected chi connectivity index (χ3v) is 3.07. The van der Waals surface area contributed by atoms with Gasteiger partial charge in [-0.2, -0.15) is 0 Å². The third-order valence-electron chi connectivity index (χ3n) is 3.07. The van der Waals surface area contributed by atoms with E-state index in [0.717, 1.165) is 32.1 Å². The Hall–Kier alpha value is -0.160. The van der Waals surface area contributed by atoms with E-state index in [1.54, 1.807) is 0 Å². The predicted molar refractivity (Wildman–Crippen MR) is 60.9 cm³/mol. The van der Waals surface area contributed by atoms with Crippen molar-refractivity contribution in [1.29, 1.82) is 0 Å². The van der Waals surface area contributed by atoms with Gasteiger partial charge in [0.1, 0.15) is 0 Å². The molecule has 0 aromatic carbocycles. The maximum Gasteiger partial charge on any atom is 0.0558 e. The van der Waals surface area contributed by atoms with Crippen LogP contribution in [0.5, 0.6) is 0 Å². The maximum atomic E-state index is 8.96. The zero-order chi connectivity index (χ0) is 10.9. The quantitative estimate of drug-likeness (QED) is 0.467. The summed E-state index contributed by atoms with van der Waals surface area (Å²) in [6, 6.07) is 0.718. The number of nitrogens with zero attached hydrogens (tertiary/aromatic N) is 1. The van der Waals surface area contributed by atoms with Crippen LogP contribution in [0.4, 0.5) is 0 Å². The minimum Gasteiger partial charge on any atom is -0.395 e. The van der Waals surface area contributed by atoms with Crippen molar-refractivity contribution in [2.24, 2.45) is 0 Å². The molecule has 1 rings (SSSR count). The van der Waals surface area contributed by atoms with Crippen LogP contribution in [-0.2, 0) is 0 Å². The van der Waals surface area contributed by atoms with Crippen molar-refractivity contribution in [1.82, 2.24) is 10.2 Å². The fourth-order valence-electron chi connectivity index (χ4n) is 1.97. The number of hydrogen-bond donors (Lipinski definition) is 3. The second-order valence-corrected chi connectivity index (χ2v) is 4.17. The lowest BCUT2D eigenvalue weighted by molar-refractivity contribution is 0.100. The second kappa shape index (κ2) is 8.05. The molecule has 0 aliphatic heterocycles. The Labute approximate surface area is 92.3 Å². The first-order valence-corrected chi connectivity index (χ1v) is 6.05. The van der Waals surface area contributed by atoms with Gasteiger partial charge in [-0.15, -0.1) is 0 Å². The van der Waals surface area contributed by atoms with Crippen LogP contribution in [-0.4, -0.2) is 60.5 Å². The molecule has 1 aliphatic carbocycles. The van der Waals surface area contributed by atoms with Crippen molar-refractivity contribution in [3.05, 3.63) is 0 Å². The lowest BCUT2D eigenvalue weighted by atomic mass is 9.91. The lowest BCUT2D eigenvalue weighted by Gasteiger charge is -2.37. The monoisotopic (exact) mass is 216 g/mol. The van der Waals surface area contributed by atoms with E-state index in [-0.39, 0.29) is 13.2 Å². The third kappa shape index (κ3) is 4.93. The van der Waals surface area contributed by atoms with Gasteiger partial charge in [0, 0.05) is 19.1 Å². The van der Waals surface area contributed by atoms with E-state index in [0.29, 0.717) is 6.54 Å². The van der Waals surface area contributed by atoms with Gasteiger partial charge in [-0.1, -0.05) is 6.42 Å². The summed E-state index contributed by atoms with van der Waals surface area (Å²) in [4.78, 5) is 2.39. The van der Waals surface area contributed by atoms with Crippen LogP contribution in [0.25, 0.3) is 0 Å². The summed E-state index contributed by atoms with van der Waals surface area (Å²) in [6.07, 6.45) is 5.03. The van der Waals surface area contributed by atoms with Crippen LogP contribution >= 0.6 is 0 Å². The Morgan fingerprint density at radius 1 is 1.07 bits per heavy atom. The van der Waals surface area contributed by atoms with Crippen molar-refractivity contribution >= 4 is 0 Å². The van der Waals surface area contributed by atoms with Gasteiger partial charge in [-0.25, -0.2) is 0 Å². The fourth-order valence-corrected chi connectivity index (χ4v) is 1.97. The summed E-state index contributed by atoms with van der Waals surface area (Å²) in [5.41, 5.74) is 0. The smallest absolute Gasteiger partial charge is 0.0558 e. The number of aliphatic hydroxyl groups is 2. The average molecular weight is 216 g/mol. The van der Waals surface area contributed by atoms with Gasteiger partial charge in [-0.05, 0) is 32.4 Å². The molecular weight excluding hydrogens is 192 g/mol. The predicted octanol–water partition coefficient (Wildman–Crippen LogP) is -0.195. The van der Waals surface area contributed by atoms with E-state index in [2.05, 4.69) is 10.2 Å². The summed E-state index contributed by atoms with van der Waals surface area (Å²) >= 11 is 0. The molecule has 0 saturated heterocycles. The van der Waals surface area contributed by atoms with Crippen molar-refractivity contribution in [2.75, 3.05) is 39.4 Å². The first kappa shape index (κ1) is 12.9. The summed E-state index contributed by atoms with van der Waals surface area (Å²) < 4.78 is 0. The molecule has 0 unspecified atom stereocenters. The molecule has 15 heavy (non-hydrogen) atoms. The van der Waals surface area contributed by atoms with Gasteiger partial charge < -0.3 is 15.5 Å². The topological polar surface area (TPSA) is 55.7 Å². The van der Waals surface area contributed by atoms with Crippen LogP contribution in [0.15, 0.2) is 0 Å². The average Bonchev–Trinajstić information content (AvgIpc) is 2.15. The molecule has 0 radical (unpaired) electrons. The van der Waals surface area contributed by atoms with Gasteiger partial charge in [0.15, 0.2) is 0 Å². The molecule has 4 heteroatoms. The molecule has 0 aromatic heterocycles. The highest BCUT2D eigenvalue weighted by molar-refractivity contribution is 4.79. The number of rotatable bonds is 9. The standard InChI is InChI=1S/C11H24N2O2/c14-9-6-12-5-2-7-13(8-10-15)11-3-1-4-11/h11-12,14-15H,1-10H2. The lowest BCUT2D eigenvalue weighted by Crippen LogP contribution is -2.43. The summed E-state index contributed by atoms with van der Waals surface area (Å²) in [7, 11) is 0. The van der Waals surface area contributed by atoms with Crippen molar-refractivity contribution in [2.45, 2.75) is 31.7 Å². The van der Waals surface area contributed by atoms with Gasteiger partial charge in [0.25, 0.3) is 0 Å². The van der Waals surface area contributed by atoms with Crippen LogP contribution in [0.1, 0.15) is 25.7 Å². The Morgan fingerprint density at radius 3 is 2.40 bits per heavy atom. The van der Waals surface area contributed by atoms with E-state index in [1.807, 2.05) is 0 Å². The van der Waals surface area contributed by atoms with Crippen molar-refractivity contribution in [3.63, 3.8) is 0 Å². The van der Waals surface area contributed by atoms with Gasteiger partial charge in [0.2, 0.25) is 0 Å². The SMILES string of the molecule is OCCNCCCN(CCO)C1CCC1. The number of aliphatic hydroxyl groups excluding tert-OH is 2. The first-order valence-electron chi connectivity index (χ1n) is 6.05. The Balaban J connectivity index is 2.03. The largest absolute Gasteiger partial charge is 0.395 e. The van der Waals surface area contributed by atoms with Crippen LogP contribution in [0.2, 0.25) is 0 Å². The Kier molecular flexibility index (Phi) is 6.92. The highest BCUT2D eigenvalue weighted by Crippen LogP contribution is 2.24. The minimum absolute atomic E-state index is 0.211. The zero-order valence-corrected chi connectivity index (χ0v) is 9.49. The van der Waals surface area contributed by atoms with Crippen molar-refractivity contribution in [3.8, 4) is 0 Å². The molecule has 1 saturated carbocycles. The summed E-state index contributed by atoms with van der Waals surface area (Å²) in [6.45, 7) is 3.98. The van der Waals surface area contributed by atoms with E-state index >= 15 is 0 Å². The minimum atomic E-state index is 0.211. The highest BCUT2D eigenvalue weighted by atomic mass is 16.3. The summed E-state index contributed by atoms with van der Waals surface area (Å²) in [5.74, 6) is 0. The molecule has 0 bridgehead atoms. The molecule has 0 heterocycles. The van der Waals surface area contributed by atoms with E-state index in [4.69, 9.17) is 10.2 Å². The number of hydrogen-bond acceptors (Lipinski definition) is 4. The van der Waals surface area contributed by atoms with E-state index < -0.39 is 0 Å². The zero-order valence-electron chi connectivity index (χ0n) is 9.49. The Morgan fingerprint density at radius 2 is 1.87 bits per heavy atom. The van der Waals surface area contributed by atoms with E-state index in [1.165, 1.54) is 19.3 Å². The second-order valence-electron chi connectivity index (χ2n) is 4.17. The molecule has 90 valence electrons.